The van der Waals surface area contributed by atoms with Gasteiger partial charge in [0.25, 0.3) is 5.91 Å². The number of nitrogens with one attached hydrogen (secondary N) is 2. The van der Waals surface area contributed by atoms with E-state index in [0.717, 1.165) is 6.42 Å². The SMILES string of the molecule is CCCOc1ccc(/C=N/NC(=O)c2ccc[nH]2)c(O)c1. The first kappa shape index (κ1) is 14.6. The van der Waals surface area contributed by atoms with E-state index in [4.69, 9.17) is 4.74 Å². The number of hydrogen-bond acceptors (Lipinski definition) is 4. The lowest BCUT2D eigenvalue weighted by Crippen LogP contribution is -2.17. The molecule has 0 aliphatic heterocycles. The van der Waals surface area contributed by atoms with Gasteiger partial charge < -0.3 is 14.8 Å². The van der Waals surface area contributed by atoms with Crippen molar-refractivity contribution in [2.45, 2.75) is 13.3 Å². The Morgan fingerprint density at radius 2 is 2.33 bits per heavy atom. The predicted molar refractivity (Wildman–Crippen MR) is 79.7 cm³/mol. The number of carbonyl (C=O) groups excluding carboxylic acids is 1. The summed E-state index contributed by atoms with van der Waals surface area (Å²) in [6, 6.07) is 8.29. The monoisotopic (exact) mass is 287 g/mol. The standard InChI is InChI=1S/C15H17N3O3/c1-2-8-21-12-6-5-11(14(19)9-12)10-17-18-15(20)13-4-3-7-16-13/h3-7,9-10,16,19H,2,8H2,1H3,(H,18,20)/b17-10+. The van der Waals surface area contributed by atoms with Gasteiger partial charge in [-0.15, -0.1) is 0 Å². The maximum absolute atomic E-state index is 11.6. The molecule has 1 amide bonds. The largest absolute Gasteiger partial charge is 0.507 e. The zero-order valence-electron chi connectivity index (χ0n) is 11.7. The van der Waals surface area contributed by atoms with Gasteiger partial charge in [0, 0.05) is 17.8 Å². The molecule has 0 spiro atoms. The van der Waals surface area contributed by atoms with Crippen LogP contribution < -0.4 is 10.2 Å². The number of nitrogens with zero attached hydrogens (tertiary/aromatic N) is 1. The van der Waals surface area contributed by atoms with Gasteiger partial charge in [-0.2, -0.15) is 5.10 Å². The molecule has 21 heavy (non-hydrogen) atoms. The Morgan fingerprint density at radius 3 is 3.00 bits per heavy atom. The van der Waals surface area contributed by atoms with Crippen molar-refractivity contribution >= 4 is 12.1 Å². The molecule has 0 saturated carbocycles. The maximum Gasteiger partial charge on any atom is 0.287 e. The van der Waals surface area contributed by atoms with E-state index in [1.54, 1.807) is 30.5 Å². The van der Waals surface area contributed by atoms with E-state index >= 15 is 0 Å². The van der Waals surface area contributed by atoms with Gasteiger partial charge in [0.1, 0.15) is 17.2 Å². The Kier molecular flexibility index (Phi) is 4.98. The lowest BCUT2D eigenvalue weighted by molar-refractivity contribution is 0.0951. The molecule has 0 radical (unpaired) electrons. The summed E-state index contributed by atoms with van der Waals surface area (Å²) in [5, 5.41) is 13.7. The number of rotatable bonds is 6. The third-order valence-electron chi connectivity index (χ3n) is 2.69. The quantitative estimate of drug-likeness (QED) is 0.562. The Balaban J connectivity index is 1.96. The topological polar surface area (TPSA) is 86.7 Å². The van der Waals surface area contributed by atoms with Gasteiger partial charge in [-0.25, -0.2) is 5.43 Å². The van der Waals surface area contributed by atoms with Crippen molar-refractivity contribution < 1.29 is 14.6 Å². The summed E-state index contributed by atoms with van der Waals surface area (Å²) < 4.78 is 5.40. The molecule has 3 N–H and O–H groups in total. The van der Waals surface area contributed by atoms with Crippen LogP contribution >= 0.6 is 0 Å². The zero-order chi connectivity index (χ0) is 15.1. The number of amides is 1. The van der Waals surface area contributed by atoms with E-state index < -0.39 is 0 Å². The van der Waals surface area contributed by atoms with Crippen molar-refractivity contribution in [2.75, 3.05) is 6.61 Å². The number of aromatic nitrogens is 1. The summed E-state index contributed by atoms with van der Waals surface area (Å²) in [7, 11) is 0. The number of carbonyl (C=O) groups is 1. The van der Waals surface area contributed by atoms with E-state index in [1.165, 1.54) is 12.3 Å². The van der Waals surface area contributed by atoms with Gasteiger partial charge in [-0.1, -0.05) is 6.92 Å². The van der Waals surface area contributed by atoms with Crippen LogP contribution in [0.4, 0.5) is 0 Å². The highest BCUT2D eigenvalue weighted by atomic mass is 16.5. The van der Waals surface area contributed by atoms with Crippen LogP contribution in [0.5, 0.6) is 11.5 Å². The molecule has 6 nitrogen and oxygen atoms in total. The van der Waals surface area contributed by atoms with Crippen LogP contribution in [0.2, 0.25) is 0 Å². The molecule has 2 rings (SSSR count). The Hall–Kier alpha value is -2.76. The maximum atomic E-state index is 11.6. The summed E-state index contributed by atoms with van der Waals surface area (Å²) in [5.41, 5.74) is 3.27. The highest BCUT2D eigenvalue weighted by molar-refractivity contribution is 5.93. The molecule has 1 aromatic heterocycles. The lowest BCUT2D eigenvalue weighted by Gasteiger charge is -2.06. The molecule has 1 aromatic carbocycles. The molecule has 0 aliphatic carbocycles. The Labute approximate surface area is 122 Å². The summed E-state index contributed by atoms with van der Waals surface area (Å²) in [6.45, 7) is 2.60. The van der Waals surface area contributed by atoms with Gasteiger partial charge >= 0.3 is 0 Å². The zero-order valence-corrected chi connectivity index (χ0v) is 11.7. The fourth-order valence-corrected chi connectivity index (χ4v) is 1.63. The van der Waals surface area contributed by atoms with E-state index in [9.17, 15) is 9.90 Å². The number of ether oxygens (including phenoxy) is 1. The molecule has 110 valence electrons. The van der Waals surface area contributed by atoms with Crippen molar-refractivity contribution in [3.8, 4) is 11.5 Å². The molecule has 0 unspecified atom stereocenters. The van der Waals surface area contributed by atoms with Gasteiger partial charge in [0.05, 0.1) is 12.8 Å². The number of aromatic hydroxyl groups is 1. The third-order valence-corrected chi connectivity index (χ3v) is 2.69. The fourth-order valence-electron chi connectivity index (χ4n) is 1.63. The van der Waals surface area contributed by atoms with Crippen LogP contribution in [0.3, 0.4) is 0 Å². The number of phenolic OH excluding ortho intramolecular Hbond substituents is 1. The number of benzene rings is 1. The molecule has 2 aromatic rings. The normalized spacial score (nSPS) is 10.7. The lowest BCUT2D eigenvalue weighted by atomic mass is 10.2. The molecule has 0 atom stereocenters. The first-order valence-corrected chi connectivity index (χ1v) is 6.63. The molecule has 6 heteroatoms. The van der Waals surface area contributed by atoms with Crippen molar-refractivity contribution in [1.82, 2.24) is 10.4 Å². The van der Waals surface area contributed by atoms with E-state index in [0.29, 0.717) is 23.6 Å². The number of hydrogen-bond donors (Lipinski definition) is 3. The van der Waals surface area contributed by atoms with Gasteiger partial charge in [-0.3, -0.25) is 4.79 Å². The van der Waals surface area contributed by atoms with Gasteiger partial charge in [0.15, 0.2) is 0 Å². The second-order valence-electron chi connectivity index (χ2n) is 4.35. The molecule has 0 fully saturated rings. The average molecular weight is 287 g/mol. The Morgan fingerprint density at radius 1 is 1.48 bits per heavy atom. The van der Waals surface area contributed by atoms with E-state index in [2.05, 4.69) is 15.5 Å². The average Bonchev–Trinajstić information content (AvgIpc) is 3.01. The van der Waals surface area contributed by atoms with Crippen LogP contribution in [-0.2, 0) is 0 Å². The number of hydrazone groups is 1. The highest BCUT2D eigenvalue weighted by Crippen LogP contribution is 2.22. The number of phenols is 1. The van der Waals surface area contributed by atoms with Crippen LogP contribution in [0.1, 0.15) is 29.4 Å². The molecule has 0 bridgehead atoms. The van der Waals surface area contributed by atoms with Crippen molar-refractivity contribution in [3.63, 3.8) is 0 Å². The minimum absolute atomic E-state index is 0.0430. The summed E-state index contributed by atoms with van der Waals surface area (Å²) in [4.78, 5) is 14.4. The first-order valence-electron chi connectivity index (χ1n) is 6.63. The van der Waals surface area contributed by atoms with E-state index in [1.807, 2.05) is 6.92 Å². The summed E-state index contributed by atoms with van der Waals surface area (Å²) in [6.07, 6.45) is 3.92. The fraction of sp³-hybridized carbons (Fsp3) is 0.200. The minimum atomic E-state index is -0.348. The molecular weight excluding hydrogens is 270 g/mol. The second-order valence-corrected chi connectivity index (χ2v) is 4.35. The third kappa shape index (κ3) is 4.10. The molecule has 0 saturated heterocycles. The molecular formula is C15H17N3O3. The number of H-pyrrole nitrogens is 1. The van der Waals surface area contributed by atoms with Gasteiger partial charge in [-0.05, 0) is 30.7 Å². The van der Waals surface area contributed by atoms with Crippen molar-refractivity contribution in [2.24, 2.45) is 5.10 Å². The second kappa shape index (κ2) is 7.14. The summed E-state index contributed by atoms with van der Waals surface area (Å²) in [5.74, 6) is 0.294. The van der Waals surface area contributed by atoms with Crippen LogP contribution in [0.15, 0.2) is 41.6 Å². The van der Waals surface area contributed by atoms with E-state index in [-0.39, 0.29) is 11.7 Å². The van der Waals surface area contributed by atoms with Crippen molar-refractivity contribution in [1.29, 1.82) is 0 Å². The number of aromatic amines is 1. The summed E-state index contributed by atoms with van der Waals surface area (Å²) >= 11 is 0. The molecule has 1 heterocycles. The van der Waals surface area contributed by atoms with Crippen molar-refractivity contribution in [3.05, 3.63) is 47.8 Å². The predicted octanol–water partition coefficient (Wildman–Crippen LogP) is 2.27. The van der Waals surface area contributed by atoms with Gasteiger partial charge in [0.2, 0.25) is 0 Å². The molecule has 0 aliphatic rings. The van der Waals surface area contributed by atoms with Crippen LogP contribution in [0.25, 0.3) is 0 Å². The Bertz CT molecular complexity index is 621. The smallest absolute Gasteiger partial charge is 0.287 e. The van der Waals surface area contributed by atoms with Crippen LogP contribution in [0, 0.1) is 0 Å². The minimum Gasteiger partial charge on any atom is -0.507 e. The van der Waals surface area contributed by atoms with Crippen LogP contribution in [-0.4, -0.2) is 28.8 Å². The first-order chi connectivity index (χ1) is 10.2. The highest BCUT2D eigenvalue weighted by Gasteiger charge is 2.04.